The Morgan fingerprint density at radius 3 is 2.36 bits per heavy atom. The number of nitrogen functional groups attached to an aromatic ring is 1. The first-order valence-corrected chi connectivity index (χ1v) is 22.3. The fraction of sp³-hybridized carbons (Fsp3) is 0.417. The molecule has 4 aliphatic rings. The number of ether oxygens (including phenoxy) is 1. The molecule has 0 radical (unpaired) electrons. The molecule has 15 nitrogen and oxygen atoms in total. The maximum absolute atomic E-state index is 14.2. The second-order valence-corrected chi connectivity index (χ2v) is 18.0. The normalized spacial score (nSPS) is 17.0. The Hall–Kier alpha value is -6.53. The van der Waals surface area contributed by atoms with E-state index in [2.05, 4.69) is 38.1 Å². The van der Waals surface area contributed by atoms with Crippen LogP contribution >= 0.6 is 0 Å². The number of rotatable bonds is 9. The van der Waals surface area contributed by atoms with Crippen LogP contribution in [0.5, 0.6) is 11.5 Å². The molecule has 4 N–H and O–H groups in total. The summed E-state index contributed by atoms with van der Waals surface area (Å²) in [6.07, 6.45) is 0.0848. The minimum atomic E-state index is -4.74. The van der Waals surface area contributed by atoms with Crippen LogP contribution in [0, 0.1) is 5.92 Å². The van der Waals surface area contributed by atoms with E-state index in [-0.39, 0.29) is 75.6 Å². The average Bonchev–Trinajstić information content (AvgIpc) is 3.73. The third-order valence-electron chi connectivity index (χ3n) is 13.2. The Bertz CT molecular complexity index is 2750. The number of fused-ring (bicyclic) bond motifs is 2. The zero-order valence-corrected chi connectivity index (χ0v) is 36.9. The number of amides is 2. The molecule has 4 aliphatic heterocycles. The number of halogens is 3. The summed E-state index contributed by atoms with van der Waals surface area (Å²) in [6.45, 7) is 9.82. The van der Waals surface area contributed by atoms with E-state index in [1.807, 2.05) is 18.7 Å². The number of aromatic hydroxyl groups is 2. The van der Waals surface area contributed by atoms with Gasteiger partial charge in [-0.1, -0.05) is 32.0 Å². The van der Waals surface area contributed by atoms with Crippen LogP contribution in [0.2, 0.25) is 0 Å². The highest BCUT2D eigenvalue weighted by molar-refractivity contribution is 5.97. The fourth-order valence-corrected chi connectivity index (χ4v) is 9.55. The van der Waals surface area contributed by atoms with Crippen LogP contribution in [0.25, 0.3) is 11.4 Å². The lowest BCUT2D eigenvalue weighted by molar-refractivity contribution is -0.137. The first-order chi connectivity index (χ1) is 31.6. The number of alkyl halides is 3. The molecule has 18 heteroatoms. The minimum absolute atomic E-state index is 0.0156. The molecule has 0 bridgehead atoms. The molecule has 0 spiro atoms. The molecule has 2 amide bonds. The number of carbonyl (C=O) groups excluding carboxylic acids is 2. The number of nitrogens with zero attached hydrogens (tertiary/aromatic N) is 8. The average molecular weight is 908 g/mol. The first kappa shape index (κ1) is 44.7. The van der Waals surface area contributed by atoms with Crippen LogP contribution < -0.4 is 16.2 Å². The highest BCUT2D eigenvalue weighted by Crippen LogP contribution is 2.39. The summed E-state index contributed by atoms with van der Waals surface area (Å²) in [5.74, 6) is -0.633. The molecule has 346 valence electrons. The molecule has 2 aromatic carbocycles. The summed E-state index contributed by atoms with van der Waals surface area (Å²) in [5.41, 5.74) is 9.50. The second kappa shape index (κ2) is 18.0. The number of nitrogens with two attached hydrogens (primary N) is 1. The largest absolute Gasteiger partial charge is 0.508 e. The van der Waals surface area contributed by atoms with E-state index in [9.17, 15) is 37.8 Å². The Kier molecular flexibility index (Phi) is 12.2. The molecule has 9 rings (SSSR count). The van der Waals surface area contributed by atoms with Crippen molar-refractivity contribution in [2.45, 2.75) is 77.9 Å². The monoisotopic (exact) mass is 907 g/mol. The Morgan fingerprint density at radius 2 is 1.64 bits per heavy atom. The van der Waals surface area contributed by atoms with Gasteiger partial charge in [0.25, 0.3) is 17.4 Å². The number of phenolic OH excluding ortho intramolecular Hbond substituents is 2. The number of aromatic nitrogens is 4. The maximum Gasteiger partial charge on any atom is 0.417 e. The van der Waals surface area contributed by atoms with Gasteiger partial charge in [-0.2, -0.15) is 13.2 Å². The SMILES string of the molecule is CC(C)c1cc(C(=O)N2Cc3ccc(CN4CCC(Cn5ccc(C(=O)N6CCc7c(nc(-c8cnc(N)cc8C(F)(F)F)nc7N7CCOCC7)C6)cc5=O)CC4)cc3C2)c(O)cc1O. The van der Waals surface area contributed by atoms with Gasteiger partial charge in [0.1, 0.15) is 23.1 Å². The topological polar surface area (TPSA) is 183 Å². The molecule has 3 aromatic heterocycles. The Labute approximate surface area is 379 Å². The molecule has 0 saturated carbocycles. The number of phenols is 2. The predicted molar refractivity (Wildman–Crippen MR) is 239 cm³/mol. The van der Waals surface area contributed by atoms with E-state index in [4.69, 9.17) is 10.5 Å². The third kappa shape index (κ3) is 9.16. The van der Waals surface area contributed by atoms with Crippen LogP contribution in [0.15, 0.2) is 65.7 Å². The number of pyridine rings is 2. The van der Waals surface area contributed by atoms with Crippen molar-refractivity contribution in [1.82, 2.24) is 34.2 Å². The summed E-state index contributed by atoms with van der Waals surface area (Å²) in [7, 11) is 0. The van der Waals surface area contributed by atoms with E-state index < -0.39 is 11.7 Å². The van der Waals surface area contributed by atoms with Gasteiger partial charge in [0, 0.05) is 87.0 Å². The van der Waals surface area contributed by atoms with Crippen molar-refractivity contribution in [2.24, 2.45) is 5.92 Å². The summed E-state index contributed by atoms with van der Waals surface area (Å²) >= 11 is 0. The van der Waals surface area contributed by atoms with Crippen LogP contribution in [-0.4, -0.2) is 102 Å². The third-order valence-corrected chi connectivity index (χ3v) is 13.2. The molecule has 0 unspecified atom stereocenters. The second-order valence-electron chi connectivity index (χ2n) is 18.0. The van der Waals surface area contributed by atoms with Crippen molar-refractivity contribution in [3.05, 3.63) is 121 Å². The van der Waals surface area contributed by atoms with Gasteiger partial charge in [-0.25, -0.2) is 15.0 Å². The van der Waals surface area contributed by atoms with Crippen molar-refractivity contribution in [1.29, 1.82) is 0 Å². The highest BCUT2D eigenvalue weighted by atomic mass is 19.4. The van der Waals surface area contributed by atoms with Gasteiger partial charge < -0.3 is 40.0 Å². The van der Waals surface area contributed by atoms with Gasteiger partial charge in [-0.05, 0) is 84.6 Å². The molecule has 7 heterocycles. The summed E-state index contributed by atoms with van der Waals surface area (Å²) < 4.78 is 49.8. The summed E-state index contributed by atoms with van der Waals surface area (Å²) in [4.78, 5) is 61.7. The van der Waals surface area contributed by atoms with Crippen LogP contribution in [-0.2, 0) is 50.1 Å². The van der Waals surface area contributed by atoms with E-state index in [1.165, 1.54) is 12.1 Å². The van der Waals surface area contributed by atoms with Crippen molar-refractivity contribution < 1.29 is 37.7 Å². The quantitative estimate of drug-likeness (QED) is 0.159. The molecule has 0 aliphatic carbocycles. The van der Waals surface area contributed by atoms with Crippen molar-refractivity contribution in [3.8, 4) is 22.9 Å². The molecular weight excluding hydrogens is 856 g/mol. The van der Waals surface area contributed by atoms with Crippen LogP contribution in [0.4, 0.5) is 24.8 Å². The summed E-state index contributed by atoms with van der Waals surface area (Å²) in [6, 6.07) is 12.9. The van der Waals surface area contributed by atoms with E-state index in [0.29, 0.717) is 76.0 Å². The predicted octanol–water partition coefficient (Wildman–Crippen LogP) is 5.94. The molecule has 2 saturated heterocycles. The van der Waals surface area contributed by atoms with E-state index >= 15 is 0 Å². The van der Waals surface area contributed by atoms with Gasteiger partial charge in [0.2, 0.25) is 0 Å². The number of anilines is 2. The van der Waals surface area contributed by atoms with Gasteiger partial charge in [0.15, 0.2) is 5.82 Å². The standard InChI is InChI=1S/C48H52F3N9O6/c1-28(2)35-19-36(41(62)21-40(35)61)47(65)60-25-32-4-3-30(17-33(32)26-60)23-56-9-5-29(6-10-56)24-58-11-7-31(18-43(58)63)46(64)59-12-8-34-39(27-59)54-44(55-45(34)57-13-15-66-16-14-57)37-22-53-42(52)20-38(37)48(49,50)51/h3-4,7,11,17-22,28-29,61-62H,5-6,8-10,12-16,23-27H2,1-2H3,(H2,52,53). The van der Waals surface area contributed by atoms with E-state index in [0.717, 1.165) is 67.0 Å². The van der Waals surface area contributed by atoms with E-state index in [1.54, 1.807) is 32.7 Å². The lowest BCUT2D eigenvalue weighted by Crippen LogP contribution is -2.41. The van der Waals surface area contributed by atoms with Crippen LogP contribution in [0.3, 0.4) is 0 Å². The number of piperidine rings is 1. The van der Waals surface area contributed by atoms with Crippen molar-refractivity contribution in [3.63, 3.8) is 0 Å². The molecule has 0 atom stereocenters. The molecule has 5 aromatic rings. The fourth-order valence-electron chi connectivity index (χ4n) is 9.55. The number of likely N-dealkylation sites (tertiary alicyclic amines) is 1. The Morgan fingerprint density at radius 1 is 0.879 bits per heavy atom. The number of hydrogen-bond donors (Lipinski definition) is 3. The van der Waals surface area contributed by atoms with Gasteiger partial charge in [0.05, 0.1) is 36.6 Å². The minimum Gasteiger partial charge on any atom is -0.508 e. The van der Waals surface area contributed by atoms with Gasteiger partial charge in [-0.3, -0.25) is 19.3 Å². The molecule has 66 heavy (non-hydrogen) atoms. The zero-order valence-electron chi connectivity index (χ0n) is 36.9. The lowest BCUT2D eigenvalue weighted by atomic mass is 9.96. The molecule has 2 fully saturated rings. The van der Waals surface area contributed by atoms with Gasteiger partial charge >= 0.3 is 6.18 Å². The maximum atomic E-state index is 14.2. The summed E-state index contributed by atoms with van der Waals surface area (Å²) in [5, 5.41) is 20.8. The van der Waals surface area contributed by atoms with Crippen molar-refractivity contribution >= 4 is 23.5 Å². The number of hydrogen-bond acceptors (Lipinski definition) is 12. The number of carbonyl (C=O) groups is 2. The molecular formula is C48H52F3N9O6. The smallest absolute Gasteiger partial charge is 0.417 e. The Balaban J connectivity index is 0.819. The zero-order chi connectivity index (χ0) is 46.4. The highest BCUT2D eigenvalue weighted by Gasteiger charge is 2.37. The lowest BCUT2D eigenvalue weighted by Gasteiger charge is -2.34. The first-order valence-electron chi connectivity index (χ1n) is 22.3. The van der Waals surface area contributed by atoms with Gasteiger partial charge in [-0.15, -0.1) is 0 Å². The number of morpholine rings is 1. The van der Waals surface area contributed by atoms with Crippen molar-refractivity contribution in [2.75, 3.05) is 56.6 Å². The number of benzene rings is 2. The van der Waals surface area contributed by atoms with Crippen LogP contribution in [0.1, 0.15) is 92.4 Å².